The number of aryl methyl sites for hydroxylation is 2. The summed E-state index contributed by atoms with van der Waals surface area (Å²) in [6.45, 7) is 15.4. The number of hydrogen-bond donors (Lipinski definition) is 0. The van der Waals surface area contributed by atoms with Crippen molar-refractivity contribution in [2.45, 2.75) is 64.9 Å². The molecule has 6 nitrogen and oxygen atoms in total. The first kappa shape index (κ1) is 25.8. The summed E-state index contributed by atoms with van der Waals surface area (Å²) in [7, 11) is 3.89. The molecule has 6 heteroatoms. The highest BCUT2D eigenvalue weighted by molar-refractivity contribution is 5.93. The van der Waals surface area contributed by atoms with Crippen LogP contribution in [0.25, 0.3) is 28.2 Å². The molecule has 0 aliphatic carbocycles. The molecule has 0 spiro atoms. The number of carbonyl (C=O) groups excluding carboxylic acids is 1. The lowest BCUT2D eigenvalue weighted by Gasteiger charge is -2.33. The Labute approximate surface area is 214 Å². The van der Waals surface area contributed by atoms with Crippen LogP contribution in [-0.2, 0) is 18.8 Å². The number of aromatic nitrogens is 2. The van der Waals surface area contributed by atoms with E-state index >= 15 is 0 Å². The van der Waals surface area contributed by atoms with E-state index in [2.05, 4.69) is 50.2 Å². The van der Waals surface area contributed by atoms with Gasteiger partial charge in [-0.05, 0) is 74.8 Å². The van der Waals surface area contributed by atoms with Crippen molar-refractivity contribution < 1.29 is 9.53 Å². The first-order chi connectivity index (χ1) is 16.9. The molecule has 4 rings (SSSR count). The monoisotopic (exact) mass is 489 g/mol. The SMILES string of the molecule is C=Cc1cc(-c2c(C(C)C)c3cc(C4CCN(C(=O)OC(C)(C)C)CC4)ccc3n2C)cn(C)c1=O. The molecule has 36 heavy (non-hydrogen) atoms. The second-order valence-corrected chi connectivity index (χ2v) is 11.3. The number of hydrogen-bond acceptors (Lipinski definition) is 3. The number of ether oxygens (including phenoxy) is 1. The number of amides is 1. The number of fused-ring (bicyclic) bond motifs is 1. The molecule has 0 bridgehead atoms. The molecule has 3 aromatic rings. The van der Waals surface area contributed by atoms with E-state index in [9.17, 15) is 9.59 Å². The third-order valence-corrected chi connectivity index (χ3v) is 7.16. The molecule has 3 heterocycles. The maximum absolute atomic E-state index is 12.5. The Balaban J connectivity index is 1.70. The Kier molecular flexibility index (Phi) is 6.91. The zero-order chi connectivity index (χ0) is 26.4. The number of carbonyl (C=O) groups is 1. The van der Waals surface area contributed by atoms with Gasteiger partial charge in [-0.2, -0.15) is 0 Å². The average molecular weight is 490 g/mol. The fourth-order valence-corrected chi connectivity index (χ4v) is 5.41. The van der Waals surface area contributed by atoms with E-state index in [1.807, 2.05) is 37.9 Å². The van der Waals surface area contributed by atoms with E-state index in [0.717, 1.165) is 24.1 Å². The Hall–Kier alpha value is -3.28. The molecule has 2 aromatic heterocycles. The maximum atomic E-state index is 12.5. The van der Waals surface area contributed by atoms with Crippen molar-refractivity contribution in [3.63, 3.8) is 0 Å². The summed E-state index contributed by atoms with van der Waals surface area (Å²) >= 11 is 0. The van der Waals surface area contributed by atoms with Crippen molar-refractivity contribution >= 4 is 23.1 Å². The van der Waals surface area contributed by atoms with Crippen LogP contribution >= 0.6 is 0 Å². The van der Waals surface area contributed by atoms with Crippen LogP contribution in [0.5, 0.6) is 0 Å². The summed E-state index contributed by atoms with van der Waals surface area (Å²) in [4.78, 5) is 26.8. The summed E-state index contributed by atoms with van der Waals surface area (Å²) in [6, 6.07) is 8.75. The lowest BCUT2D eigenvalue weighted by Crippen LogP contribution is -2.41. The fraction of sp³-hybridized carbons (Fsp3) is 0.467. The predicted octanol–water partition coefficient (Wildman–Crippen LogP) is 6.42. The number of piperidine rings is 1. The lowest BCUT2D eigenvalue weighted by molar-refractivity contribution is 0.0205. The number of pyridine rings is 1. The highest BCUT2D eigenvalue weighted by Crippen LogP contribution is 2.40. The van der Waals surface area contributed by atoms with Crippen LogP contribution in [0.15, 0.2) is 41.8 Å². The molecule has 192 valence electrons. The first-order valence-corrected chi connectivity index (χ1v) is 12.8. The van der Waals surface area contributed by atoms with Gasteiger partial charge in [0.2, 0.25) is 0 Å². The van der Waals surface area contributed by atoms with E-state index in [4.69, 9.17) is 4.74 Å². The smallest absolute Gasteiger partial charge is 0.410 e. The van der Waals surface area contributed by atoms with Crippen LogP contribution in [0.3, 0.4) is 0 Å². The zero-order valence-electron chi connectivity index (χ0n) is 22.7. The zero-order valence-corrected chi connectivity index (χ0v) is 22.7. The van der Waals surface area contributed by atoms with Gasteiger partial charge in [0.15, 0.2) is 0 Å². The largest absolute Gasteiger partial charge is 0.444 e. The van der Waals surface area contributed by atoms with Crippen LogP contribution in [0.4, 0.5) is 4.79 Å². The molecule has 0 saturated carbocycles. The molecular weight excluding hydrogens is 450 g/mol. The van der Waals surface area contributed by atoms with Crippen LogP contribution < -0.4 is 5.56 Å². The molecule has 1 aliphatic rings. The Bertz CT molecular complexity index is 1360. The molecule has 1 aromatic carbocycles. The van der Waals surface area contributed by atoms with Crippen molar-refractivity contribution in [3.05, 3.63) is 64.1 Å². The van der Waals surface area contributed by atoms with Gasteiger partial charge in [-0.25, -0.2) is 4.79 Å². The predicted molar refractivity (Wildman–Crippen MR) is 148 cm³/mol. The summed E-state index contributed by atoms with van der Waals surface area (Å²) in [5.74, 6) is 0.707. The van der Waals surface area contributed by atoms with Gasteiger partial charge in [-0.1, -0.05) is 32.6 Å². The van der Waals surface area contributed by atoms with Crippen LogP contribution in [-0.4, -0.2) is 38.8 Å². The van der Waals surface area contributed by atoms with Crippen molar-refractivity contribution in [1.82, 2.24) is 14.0 Å². The standard InChI is InChI=1S/C30H39N3O3/c1-9-20-16-23(18-31(7)28(20)34)27-26(19(2)3)24-17-22(10-11-25(24)32(27)8)21-12-14-33(15-13-21)29(35)36-30(4,5)6/h9-11,16-19,21H,1,12-15H2,2-8H3. The minimum Gasteiger partial charge on any atom is -0.444 e. The molecule has 0 unspecified atom stereocenters. The van der Waals surface area contributed by atoms with Gasteiger partial charge in [0.1, 0.15) is 5.60 Å². The number of rotatable bonds is 4. The van der Waals surface area contributed by atoms with E-state index in [1.54, 1.807) is 17.7 Å². The average Bonchev–Trinajstić information content (AvgIpc) is 3.11. The van der Waals surface area contributed by atoms with E-state index < -0.39 is 5.60 Å². The summed E-state index contributed by atoms with van der Waals surface area (Å²) in [5, 5.41) is 1.25. The fourth-order valence-electron chi connectivity index (χ4n) is 5.41. The van der Waals surface area contributed by atoms with Gasteiger partial charge in [-0.3, -0.25) is 4.79 Å². The van der Waals surface area contributed by atoms with E-state index in [1.165, 1.54) is 22.0 Å². The Morgan fingerprint density at radius 2 is 1.81 bits per heavy atom. The molecule has 1 fully saturated rings. The second kappa shape index (κ2) is 9.64. The van der Waals surface area contributed by atoms with Crippen molar-refractivity contribution in [2.75, 3.05) is 13.1 Å². The minimum atomic E-state index is -0.477. The summed E-state index contributed by atoms with van der Waals surface area (Å²) in [6.07, 6.45) is 5.17. The molecule has 0 N–H and O–H groups in total. The Morgan fingerprint density at radius 3 is 2.39 bits per heavy atom. The van der Waals surface area contributed by atoms with Crippen LogP contribution in [0.2, 0.25) is 0 Å². The van der Waals surface area contributed by atoms with Crippen molar-refractivity contribution in [1.29, 1.82) is 0 Å². The molecule has 1 saturated heterocycles. The minimum absolute atomic E-state index is 0.0429. The third kappa shape index (κ3) is 4.86. The molecule has 1 amide bonds. The quantitative estimate of drug-likeness (QED) is 0.425. The molecule has 0 radical (unpaired) electrons. The molecule has 0 atom stereocenters. The third-order valence-electron chi connectivity index (χ3n) is 7.16. The number of benzene rings is 1. The second-order valence-electron chi connectivity index (χ2n) is 11.3. The van der Waals surface area contributed by atoms with Crippen LogP contribution in [0.1, 0.15) is 76.0 Å². The van der Waals surface area contributed by atoms with Gasteiger partial charge in [-0.15, -0.1) is 0 Å². The Morgan fingerprint density at radius 1 is 1.14 bits per heavy atom. The van der Waals surface area contributed by atoms with Gasteiger partial charge >= 0.3 is 6.09 Å². The topological polar surface area (TPSA) is 56.5 Å². The van der Waals surface area contributed by atoms with Gasteiger partial charge < -0.3 is 18.8 Å². The molecule has 1 aliphatic heterocycles. The maximum Gasteiger partial charge on any atom is 0.410 e. The van der Waals surface area contributed by atoms with Gasteiger partial charge in [0.25, 0.3) is 5.56 Å². The number of nitrogens with zero attached hydrogens (tertiary/aromatic N) is 3. The van der Waals surface area contributed by atoms with E-state index in [-0.39, 0.29) is 11.7 Å². The van der Waals surface area contributed by atoms with Crippen molar-refractivity contribution in [2.24, 2.45) is 14.1 Å². The van der Waals surface area contributed by atoms with Gasteiger partial charge in [0.05, 0.1) is 5.69 Å². The van der Waals surface area contributed by atoms with Gasteiger partial charge in [0, 0.05) is 55.4 Å². The highest BCUT2D eigenvalue weighted by Gasteiger charge is 2.28. The van der Waals surface area contributed by atoms with Crippen molar-refractivity contribution in [3.8, 4) is 11.3 Å². The van der Waals surface area contributed by atoms with Crippen LogP contribution in [0, 0.1) is 0 Å². The molecular formula is C30H39N3O3. The normalized spacial score (nSPS) is 15.1. The summed E-state index contributed by atoms with van der Waals surface area (Å²) in [5.41, 5.74) is 6.02. The lowest BCUT2D eigenvalue weighted by atomic mass is 9.87. The summed E-state index contributed by atoms with van der Waals surface area (Å²) < 4.78 is 9.44. The first-order valence-electron chi connectivity index (χ1n) is 12.8. The number of likely N-dealkylation sites (tertiary alicyclic amines) is 1. The van der Waals surface area contributed by atoms with E-state index in [0.29, 0.717) is 30.5 Å². The highest BCUT2D eigenvalue weighted by atomic mass is 16.6.